The Balaban J connectivity index is 2.63. The molecule has 1 rings (SSSR count). The van der Waals surface area contributed by atoms with Gasteiger partial charge in [0.05, 0.1) is 5.41 Å². The van der Waals surface area contributed by atoms with Gasteiger partial charge in [0.2, 0.25) is 0 Å². The van der Waals surface area contributed by atoms with E-state index in [0.29, 0.717) is 0 Å². The summed E-state index contributed by atoms with van der Waals surface area (Å²) in [6.07, 6.45) is -1.35. The van der Waals surface area contributed by atoms with E-state index in [9.17, 15) is 14.7 Å². The monoisotopic (exact) mass is 250 g/mol. The van der Waals surface area contributed by atoms with Crippen LogP contribution in [0.15, 0.2) is 30.3 Å². The maximum atomic E-state index is 11.8. The molecule has 0 aliphatic heterocycles. The summed E-state index contributed by atoms with van der Waals surface area (Å²) in [6.45, 7) is 4.36. The lowest BCUT2D eigenvalue weighted by atomic mass is 9.84. The third kappa shape index (κ3) is 3.40. The first-order valence-corrected chi connectivity index (χ1v) is 5.75. The molecule has 0 aliphatic rings. The fourth-order valence-electron chi connectivity index (χ4n) is 1.53. The van der Waals surface area contributed by atoms with Gasteiger partial charge in [-0.3, -0.25) is 9.59 Å². The van der Waals surface area contributed by atoms with Crippen molar-refractivity contribution >= 4 is 11.8 Å². The summed E-state index contributed by atoms with van der Waals surface area (Å²) in [5.74, 6) is -1.04. The smallest absolute Gasteiger partial charge is 0.314 e. The molecule has 98 valence electrons. The summed E-state index contributed by atoms with van der Waals surface area (Å²) in [4.78, 5) is 23.0. The van der Waals surface area contributed by atoms with E-state index in [1.165, 1.54) is 20.8 Å². The summed E-state index contributed by atoms with van der Waals surface area (Å²) in [6, 6.07) is 9.23. The molecule has 1 N–H and O–H groups in total. The van der Waals surface area contributed by atoms with Crippen LogP contribution in [0, 0.1) is 5.41 Å². The van der Waals surface area contributed by atoms with Crippen molar-refractivity contribution < 1.29 is 19.4 Å². The van der Waals surface area contributed by atoms with Crippen LogP contribution in [-0.4, -0.2) is 23.0 Å². The van der Waals surface area contributed by atoms with Crippen LogP contribution in [0.5, 0.6) is 0 Å². The van der Waals surface area contributed by atoms with Gasteiger partial charge in [-0.25, -0.2) is 0 Å². The Labute approximate surface area is 107 Å². The Hall–Kier alpha value is -1.68. The van der Waals surface area contributed by atoms with Crippen LogP contribution in [-0.2, 0) is 20.9 Å². The zero-order valence-electron chi connectivity index (χ0n) is 10.8. The second-order valence-corrected chi connectivity index (χ2v) is 4.80. The minimum absolute atomic E-state index is 0.133. The first-order chi connectivity index (χ1) is 8.35. The van der Waals surface area contributed by atoms with Gasteiger partial charge in [0.15, 0.2) is 5.78 Å². The molecule has 0 spiro atoms. The molecule has 18 heavy (non-hydrogen) atoms. The molecule has 0 fully saturated rings. The first-order valence-electron chi connectivity index (χ1n) is 5.75. The van der Waals surface area contributed by atoms with E-state index in [-0.39, 0.29) is 6.61 Å². The summed E-state index contributed by atoms with van der Waals surface area (Å²) in [5.41, 5.74) is -0.375. The molecule has 4 nitrogen and oxygen atoms in total. The third-order valence-corrected chi connectivity index (χ3v) is 2.81. The van der Waals surface area contributed by atoms with Gasteiger partial charge in [-0.2, -0.15) is 0 Å². The molecule has 1 aromatic carbocycles. The second-order valence-electron chi connectivity index (χ2n) is 4.80. The molecule has 0 saturated carbocycles. The largest absolute Gasteiger partial charge is 0.460 e. The van der Waals surface area contributed by atoms with Crippen LogP contribution >= 0.6 is 0 Å². The lowest BCUT2D eigenvalue weighted by molar-refractivity contribution is -0.165. The number of hydrogen-bond acceptors (Lipinski definition) is 4. The molecule has 4 heteroatoms. The SMILES string of the molecule is CC(=O)[C@@H](O)C(C)(C)C(=O)OCc1ccccc1. The molecular weight excluding hydrogens is 232 g/mol. The number of ether oxygens (including phenoxy) is 1. The number of carbonyl (C=O) groups is 2. The number of Topliss-reactive ketones (excluding diaryl/α,β-unsaturated/α-hetero) is 1. The normalized spacial score (nSPS) is 12.9. The van der Waals surface area contributed by atoms with E-state index in [2.05, 4.69) is 0 Å². The number of rotatable bonds is 5. The van der Waals surface area contributed by atoms with Crippen molar-refractivity contribution in [2.45, 2.75) is 33.5 Å². The van der Waals surface area contributed by atoms with Gasteiger partial charge in [-0.1, -0.05) is 30.3 Å². The van der Waals surface area contributed by atoms with Crippen LogP contribution in [0.25, 0.3) is 0 Å². The Morgan fingerprint density at radius 1 is 1.28 bits per heavy atom. The van der Waals surface area contributed by atoms with E-state index in [0.717, 1.165) is 5.56 Å². The van der Waals surface area contributed by atoms with Crippen molar-refractivity contribution in [3.8, 4) is 0 Å². The average Bonchev–Trinajstić information content (AvgIpc) is 2.35. The number of carbonyl (C=O) groups excluding carboxylic acids is 2. The number of ketones is 1. The summed E-state index contributed by atoms with van der Waals surface area (Å²) in [5, 5.41) is 9.67. The highest BCUT2D eigenvalue weighted by Gasteiger charge is 2.39. The van der Waals surface area contributed by atoms with Gasteiger partial charge in [0, 0.05) is 0 Å². The van der Waals surface area contributed by atoms with Crippen molar-refractivity contribution in [3.05, 3.63) is 35.9 Å². The number of aliphatic hydroxyl groups excluding tert-OH is 1. The Bertz CT molecular complexity index is 423. The predicted molar refractivity (Wildman–Crippen MR) is 66.7 cm³/mol. The van der Waals surface area contributed by atoms with Gasteiger partial charge >= 0.3 is 5.97 Å². The third-order valence-electron chi connectivity index (χ3n) is 2.81. The Morgan fingerprint density at radius 3 is 2.33 bits per heavy atom. The highest BCUT2D eigenvalue weighted by atomic mass is 16.5. The first kappa shape index (κ1) is 14.4. The van der Waals surface area contributed by atoms with E-state index in [1.54, 1.807) is 0 Å². The zero-order valence-corrected chi connectivity index (χ0v) is 10.8. The fourth-order valence-corrected chi connectivity index (χ4v) is 1.53. The minimum Gasteiger partial charge on any atom is -0.460 e. The molecule has 0 aliphatic carbocycles. The second kappa shape index (κ2) is 5.78. The predicted octanol–water partition coefficient (Wildman–Crippen LogP) is 1.71. The van der Waals surface area contributed by atoms with Gasteiger partial charge in [0.25, 0.3) is 0 Å². The molecule has 1 atom stereocenters. The molecule has 0 radical (unpaired) electrons. The van der Waals surface area contributed by atoms with Crippen LogP contribution < -0.4 is 0 Å². The van der Waals surface area contributed by atoms with E-state index >= 15 is 0 Å². The van der Waals surface area contributed by atoms with Crippen LogP contribution in [0.1, 0.15) is 26.3 Å². The minimum atomic E-state index is -1.35. The Morgan fingerprint density at radius 2 is 1.83 bits per heavy atom. The maximum absolute atomic E-state index is 11.8. The average molecular weight is 250 g/mol. The molecule has 0 amide bonds. The van der Waals surface area contributed by atoms with Gasteiger partial charge in [-0.15, -0.1) is 0 Å². The molecular formula is C14H18O4. The zero-order chi connectivity index (χ0) is 13.8. The van der Waals surface area contributed by atoms with Crippen molar-refractivity contribution in [2.24, 2.45) is 5.41 Å². The van der Waals surface area contributed by atoms with Gasteiger partial charge in [0.1, 0.15) is 12.7 Å². The summed E-state index contributed by atoms with van der Waals surface area (Å²) >= 11 is 0. The lowest BCUT2D eigenvalue weighted by Gasteiger charge is -2.26. The van der Waals surface area contributed by atoms with E-state index in [1.807, 2.05) is 30.3 Å². The van der Waals surface area contributed by atoms with Crippen LogP contribution in [0.4, 0.5) is 0 Å². The fraction of sp³-hybridized carbons (Fsp3) is 0.429. The number of aliphatic hydroxyl groups is 1. The highest BCUT2D eigenvalue weighted by molar-refractivity contribution is 5.89. The van der Waals surface area contributed by atoms with Crippen molar-refractivity contribution in [2.75, 3.05) is 0 Å². The lowest BCUT2D eigenvalue weighted by Crippen LogP contribution is -2.42. The molecule has 0 heterocycles. The van der Waals surface area contributed by atoms with Crippen LogP contribution in [0.2, 0.25) is 0 Å². The molecule has 0 unspecified atom stereocenters. The number of esters is 1. The summed E-state index contributed by atoms with van der Waals surface area (Å²) < 4.78 is 5.11. The van der Waals surface area contributed by atoms with Crippen LogP contribution in [0.3, 0.4) is 0 Å². The number of hydrogen-bond donors (Lipinski definition) is 1. The van der Waals surface area contributed by atoms with Crippen molar-refractivity contribution in [3.63, 3.8) is 0 Å². The van der Waals surface area contributed by atoms with Crippen molar-refractivity contribution in [1.82, 2.24) is 0 Å². The molecule has 0 bridgehead atoms. The molecule has 0 aromatic heterocycles. The van der Waals surface area contributed by atoms with Crippen molar-refractivity contribution in [1.29, 1.82) is 0 Å². The maximum Gasteiger partial charge on any atom is 0.314 e. The summed E-state index contributed by atoms with van der Waals surface area (Å²) in [7, 11) is 0. The van der Waals surface area contributed by atoms with Gasteiger partial charge in [-0.05, 0) is 26.3 Å². The molecule has 1 aromatic rings. The van der Waals surface area contributed by atoms with Gasteiger partial charge < -0.3 is 9.84 Å². The van der Waals surface area contributed by atoms with E-state index < -0.39 is 23.3 Å². The standard InChI is InChI=1S/C14H18O4/c1-10(15)12(16)14(2,3)13(17)18-9-11-7-5-4-6-8-11/h4-8,12,16H,9H2,1-3H3/t12-/m1/s1. The van der Waals surface area contributed by atoms with E-state index in [4.69, 9.17) is 4.74 Å². The number of benzene rings is 1. The highest BCUT2D eigenvalue weighted by Crippen LogP contribution is 2.24. The molecule has 0 saturated heterocycles. The Kier molecular flexibility index (Phi) is 4.62. The quantitative estimate of drug-likeness (QED) is 0.808. The topological polar surface area (TPSA) is 63.6 Å².